The molecule has 0 radical (unpaired) electrons. The predicted molar refractivity (Wildman–Crippen MR) is 74.2 cm³/mol. The van der Waals surface area contributed by atoms with E-state index in [1.54, 1.807) is 26.8 Å². The number of phenolic OH excluding ortho intramolecular Hbond substituents is 1. The Hall–Kier alpha value is -1.56. The van der Waals surface area contributed by atoms with E-state index in [4.69, 9.17) is 5.11 Å². The molecule has 0 aromatic heterocycles. The Morgan fingerprint density at radius 1 is 1.32 bits per heavy atom. The number of halogens is 1. The molecule has 0 saturated carbocycles. The average Bonchev–Trinajstić information content (AvgIpc) is 2.26. The largest absolute Gasteiger partial charge is 0.507 e. The van der Waals surface area contributed by atoms with E-state index in [0.29, 0.717) is 4.47 Å². The van der Waals surface area contributed by atoms with Crippen molar-refractivity contribution in [3.8, 4) is 5.75 Å². The molecule has 0 fully saturated rings. The van der Waals surface area contributed by atoms with Gasteiger partial charge in [-0.15, -0.1) is 0 Å². The number of hydrogen-bond donors (Lipinski definition) is 3. The van der Waals surface area contributed by atoms with Crippen molar-refractivity contribution < 1.29 is 19.8 Å². The minimum Gasteiger partial charge on any atom is -0.507 e. The summed E-state index contributed by atoms with van der Waals surface area (Å²) in [5.41, 5.74) is -0.603. The molecule has 1 amide bonds. The van der Waals surface area contributed by atoms with Crippen molar-refractivity contribution in [1.29, 1.82) is 0 Å². The lowest BCUT2D eigenvalue weighted by atomic mass is 9.86. The number of carbonyl (C=O) groups excluding carboxylic acids is 1. The molecule has 1 atom stereocenters. The zero-order chi connectivity index (χ0) is 14.8. The van der Waals surface area contributed by atoms with Crippen molar-refractivity contribution in [3.05, 3.63) is 28.2 Å². The monoisotopic (exact) mass is 329 g/mol. The van der Waals surface area contributed by atoms with Crippen LogP contribution in [0.5, 0.6) is 5.75 Å². The summed E-state index contributed by atoms with van der Waals surface area (Å²) in [5, 5.41) is 21.2. The lowest BCUT2D eigenvalue weighted by Gasteiger charge is -2.27. The van der Waals surface area contributed by atoms with Gasteiger partial charge in [0.15, 0.2) is 0 Å². The maximum atomic E-state index is 12.0. The molecule has 19 heavy (non-hydrogen) atoms. The molecule has 1 aromatic rings. The number of aromatic hydroxyl groups is 1. The number of nitrogens with one attached hydrogen (secondary N) is 1. The van der Waals surface area contributed by atoms with Crippen LogP contribution in [0.2, 0.25) is 0 Å². The molecular formula is C13H16BrNO4. The van der Waals surface area contributed by atoms with Gasteiger partial charge in [0.25, 0.3) is 5.91 Å². The van der Waals surface area contributed by atoms with Gasteiger partial charge < -0.3 is 15.5 Å². The van der Waals surface area contributed by atoms with Crippen LogP contribution in [0.1, 0.15) is 31.1 Å². The number of aliphatic carboxylic acids is 1. The highest BCUT2D eigenvalue weighted by atomic mass is 79.9. The topological polar surface area (TPSA) is 86.6 Å². The first-order chi connectivity index (χ1) is 8.62. The van der Waals surface area contributed by atoms with Crippen molar-refractivity contribution in [2.24, 2.45) is 5.41 Å². The van der Waals surface area contributed by atoms with E-state index in [0.717, 1.165) is 0 Å². The van der Waals surface area contributed by atoms with Gasteiger partial charge in [0.05, 0.1) is 5.56 Å². The lowest BCUT2D eigenvalue weighted by molar-refractivity contribution is -0.142. The van der Waals surface area contributed by atoms with Gasteiger partial charge in [-0.3, -0.25) is 4.79 Å². The molecule has 0 saturated heterocycles. The number of carboxylic acid groups (broad SMARTS) is 1. The Morgan fingerprint density at radius 2 is 1.89 bits per heavy atom. The maximum absolute atomic E-state index is 12.0. The second-order valence-corrected chi connectivity index (χ2v) is 6.19. The summed E-state index contributed by atoms with van der Waals surface area (Å²) < 4.78 is 0.623. The molecule has 5 nitrogen and oxygen atoms in total. The Kier molecular flexibility index (Phi) is 4.57. The Morgan fingerprint density at radius 3 is 2.37 bits per heavy atom. The Labute approximate surface area is 119 Å². The molecule has 104 valence electrons. The normalized spacial score (nSPS) is 12.8. The van der Waals surface area contributed by atoms with Gasteiger partial charge in [0.2, 0.25) is 0 Å². The molecule has 0 heterocycles. The van der Waals surface area contributed by atoms with Crippen LogP contribution in [0.4, 0.5) is 0 Å². The fourth-order valence-corrected chi connectivity index (χ4v) is 1.91. The SMILES string of the molecule is CC(C)(C)[C@@H](NC(=O)c1cc(Br)ccc1O)C(=O)O. The molecule has 1 aromatic carbocycles. The number of benzene rings is 1. The van der Waals surface area contributed by atoms with Crippen LogP contribution in [0, 0.1) is 5.41 Å². The van der Waals surface area contributed by atoms with Crippen LogP contribution in [0.15, 0.2) is 22.7 Å². The maximum Gasteiger partial charge on any atom is 0.326 e. The van der Waals surface area contributed by atoms with Gasteiger partial charge in [0, 0.05) is 4.47 Å². The molecule has 1 rings (SSSR count). The van der Waals surface area contributed by atoms with E-state index >= 15 is 0 Å². The lowest BCUT2D eigenvalue weighted by Crippen LogP contribution is -2.49. The number of amides is 1. The first-order valence-corrected chi connectivity index (χ1v) is 6.44. The Bertz CT molecular complexity index is 508. The van der Waals surface area contributed by atoms with Crippen molar-refractivity contribution in [2.75, 3.05) is 0 Å². The second-order valence-electron chi connectivity index (χ2n) is 5.27. The van der Waals surface area contributed by atoms with E-state index in [-0.39, 0.29) is 11.3 Å². The number of hydrogen-bond acceptors (Lipinski definition) is 3. The quantitative estimate of drug-likeness (QED) is 0.794. The molecule has 0 bridgehead atoms. The number of rotatable bonds is 3. The summed E-state index contributed by atoms with van der Waals surface area (Å²) in [6, 6.07) is 3.35. The third kappa shape index (κ3) is 3.96. The number of carboxylic acids is 1. The molecule has 0 aliphatic heterocycles. The van der Waals surface area contributed by atoms with E-state index in [9.17, 15) is 14.7 Å². The molecule has 0 unspecified atom stereocenters. The van der Waals surface area contributed by atoms with Crippen LogP contribution < -0.4 is 5.32 Å². The zero-order valence-electron chi connectivity index (χ0n) is 10.9. The van der Waals surface area contributed by atoms with Crippen molar-refractivity contribution in [1.82, 2.24) is 5.32 Å². The van der Waals surface area contributed by atoms with E-state index in [1.165, 1.54) is 12.1 Å². The van der Waals surface area contributed by atoms with Gasteiger partial charge in [-0.1, -0.05) is 36.7 Å². The number of phenols is 1. The minimum atomic E-state index is -1.12. The van der Waals surface area contributed by atoms with Crippen LogP contribution in [-0.2, 0) is 4.79 Å². The van der Waals surface area contributed by atoms with Gasteiger partial charge >= 0.3 is 5.97 Å². The van der Waals surface area contributed by atoms with E-state index < -0.39 is 23.3 Å². The van der Waals surface area contributed by atoms with Crippen LogP contribution in [0.25, 0.3) is 0 Å². The predicted octanol–water partition coefficient (Wildman–Crippen LogP) is 2.38. The smallest absolute Gasteiger partial charge is 0.326 e. The third-order valence-corrected chi connectivity index (χ3v) is 3.08. The molecule has 0 spiro atoms. The highest BCUT2D eigenvalue weighted by Gasteiger charge is 2.33. The zero-order valence-corrected chi connectivity index (χ0v) is 12.5. The van der Waals surface area contributed by atoms with E-state index in [2.05, 4.69) is 21.2 Å². The second kappa shape index (κ2) is 5.61. The van der Waals surface area contributed by atoms with Crippen molar-refractivity contribution in [2.45, 2.75) is 26.8 Å². The van der Waals surface area contributed by atoms with Gasteiger partial charge in [-0.25, -0.2) is 4.79 Å². The van der Waals surface area contributed by atoms with Gasteiger partial charge in [-0.2, -0.15) is 0 Å². The molecule has 0 aliphatic carbocycles. The standard InChI is InChI=1S/C13H16BrNO4/c1-13(2,3)10(12(18)19)15-11(17)8-6-7(14)4-5-9(8)16/h4-6,10,16H,1-3H3,(H,15,17)(H,18,19)/t10-/m0/s1. The number of carbonyl (C=O) groups is 2. The Balaban J connectivity index is 3.01. The average molecular weight is 330 g/mol. The van der Waals surface area contributed by atoms with Crippen molar-refractivity contribution in [3.63, 3.8) is 0 Å². The summed E-state index contributed by atoms with van der Waals surface area (Å²) in [6.45, 7) is 5.15. The molecular weight excluding hydrogens is 314 g/mol. The third-order valence-electron chi connectivity index (χ3n) is 2.59. The van der Waals surface area contributed by atoms with Crippen molar-refractivity contribution >= 4 is 27.8 Å². The molecule has 3 N–H and O–H groups in total. The first kappa shape index (κ1) is 15.5. The van der Waals surface area contributed by atoms with Crippen LogP contribution in [0.3, 0.4) is 0 Å². The summed E-state index contributed by atoms with van der Waals surface area (Å²) in [7, 11) is 0. The van der Waals surface area contributed by atoms with Crippen LogP contribution in [-0.4, -0.2) is 28.1 Å². The van der Waals surface area contributed by atoms with Crippen LogP contribution >= 0.6 is 15.9 Å². The molecule has 6 heteroatoms. The summed E-state index contributed by atoms with van der Waals surface area (Å²) in [4.78, 5) is 23.2. The minimum absolute atomic E-state index is 0.0323. The summed E-state index contributed by atoms with van der Waals surface area (Å²) in [6.07, 6.45) is 0. The summed E-state index contributed by atoms with van der Waals surface area (Å²) >= 11 is 3.19. The fourth-order valence-electron chi connectivity index (χ4n) is 1.55. The molecule has 0 aliphatic rings. The fraction of sp³-hybridized carbons (Fsp3) is 0.385. The highest BCUT2D eigenvalue weighted by Crippen LogP contribution is 2.24. The first-order valence-electron chi connectivity index (χ1n) is 5.65. The van der Waals surface area contributed by atoms with Gasteiger partial charge in [-0.05, 0) is 23.6 Å². The van der Waals surface area contributed by atoms with E-state index in [1.807, 2.05) is 0 Å². The van der Waals surface area contributed by atoms with Gasteiger partial charge in [0.1, 0.15) is 11.8 Å². The highest BCUT2D eigenvalue weighted by molar-refractivity contribution is 9.10. The summed E-state index contributed by atoms with van der Waals surface area (Å²) in [5.74, 6) is -1.93.